The van der Waals surface area contributed by atoms with Gasteiger partial charge in [0.05, 0.1) is 17.8 Å². The summed E-state index contributed by atoms with van der Waals surface area (Å²) in [6.45, 7) is -0.0164. The standard InChI is InChI=1S/C20H13F3N2O2/c21-20(22,23)17-10-18(14-7-4-8-15(26)9-14)25(19(27)16(17)11-24)12-13-5-2-1-3-6-13/h1-10,26H,12H2. The Bertz CT molecular complexity index is 1080. The first-order chi connectivity index (χ1) is 12.8. The number of rotatable bonds is 3. The number of nitriles is 1. The predicted octanol–water partition coefficient (Wildman–Crippen LogP) is 4.16. The largest absolute Gasteiger partial charge is 0.508 e. The van der Waals surface area contributed by atoms with Gasteiger partial charge in [-0.15, -0.1) is 0 Å². The van der Waals surface area contributed by atoms with Crippen LogP contribution in [0, 0.1) is 11.3 Å². The molecule has 1 N–H and O–H groups in total. The number of phenolic OH excluding ortho intramolecular Hbond substituents is 1. The van der Waals surface area contributed by atoms with Crippen LogP contribution in [-0.2, 0) is 12.7 Å². The van der Waals surface area contributed by atoms with Gasteiger partial charge in [0.2, 0.25) is 0 Å². The van der Waals surface area contributed by atoms with E-state index in [1.54, 1.807) is 30.3 Å². The highest BCUT2D eigenvalue weighted by Crippen LogP contribution is 2.34. The number of halogens is 3. The normalized spacial score (nSPS) is 11.2. The zero-order chi connectivity index (χ0) is 19.6. The Morgan fingerprint density at radius 1 is 1.04 bits per heavy atom. The van der Waals surface area contributed by atoms with Gasteiger partial charge in [0.25, 0.3) is 5.56 Å². The van der Waals surface area contributed by atoms with Crippen molar-refractivity contribution >= 4 is 0 Å². The lowest BCUT2D eigenvalue weighted by Crippen LogP contribution is -2.28. The van der Waals surface area contributed by atoms with Crippen molar-refractivity contribution in [3.63, 3.8) is 0 Å². The first-order valence-electron chi connectivity index (χ1n) is 7.89. The predicted molar refractivity (Wildman–Crippen MR) is 93.1 cm³/mol. The molecule has 7 heteroatoms. The minimum absolute atomic E-state index is 0.0164. The van der Waals surface area contributed by atoms with E-state index >= 15 is 0 Å². The fourth-order valence-electron chi connectivity index (χ4n) is 2.81. The fraction of sp³-hybridized carbons (Fsp3) is 0.100. The lowest BCUT2D eigenvalue weighted by molar-refractivity contribution is -0.137. The molecule has 0 fully saturated rings. The molecule has 2 aromatic carbocycles. The van der Waals surface area contributed by atoms with Gasteiger partial charge < -0.3 is 9.67 Å². The average molecular weight is 370 g/mol. The van der Waals surface area contributed by atoms with Crippen LogP contribution in [0.3, 0.4) is 0 Å². The second kappa shape index (κ2) is 7.00. The Morgan fingerprint density at radius 3 is 2.33 bits per heavy atom. The molecule has 0 aliphatic rings. The summed E-state index contributed by atoms with van der Waals surface area (Å²) < 4.78 is 41.3. The van der Waals surface area contributed by atoms with Gasteiger partial charge >= 0.3 is 6.18 Å². The van der Waals surface area contributed by atoms with E-state index in [-0.39, 0.29) is 23.6 Å². The molecule has 0 atom stereocenters. The van der Waals surface area contributed by atoms with Crippen molar-refractivity contribution in [3.8, 4) is 23.1 Å². The Morgan fingerprint density at radius 2 is 1.74 bits per heavy atom. The third-order valence-electron chi connectivity index (χ3n) is 4.04. The highest BCUT2D eigenvalue weighted by molar-refractivity contribution is 5.64. The van der Waals surface area contributed by atoms with Crippen molar-refractivity contribution in [3.05, 3.63) is 87.7 Å². The van der Waals surface area contributed by atoms with E-state index < -0.39 is 22.9 Å². The van der Waals surface area contributed by atoms with Crippen molar-refractivity contribution in [2.45, 2.75) is 12.7 Å². The van der Waals surface area contributed by atoms with Crippen LogP contribution in [0.15, 0.2) is 65.5 Å². The second-order valence-corrected chi connectivity index (χ2v) is 5.86. The lowest BCUT2D eigenvalue weighted by atomic mass is 10.0. The van der Waals surface area contributed by atoms with Crippen LogP contribution in [0.1, 0.15) is 16.7 Å². The summed E-state index contributed by atoms with van der Waals surface area (Å²) in [5, 5.41) is 18.8. The van der Waals surface area contributed by atoms with Crippen LogP contribution in [0.4, 0.5) is 13.2 Å². The number of benzene rings is 2. The van der Waals surface area contributed by atoms with E-state index in [2.05, 4.69) is 0 Å². The second-order valence-electron chi connectivity index (χ2n) is 5.86. The van der Waals surface area contributed by atoms with Crippen molar-refractivity contribution < 1.29 is 18.3 Å². The first-order valence-corrected chi connectivity index (χ1v) is 7.89. The zero-order valence-electron chi connectivity index (χ0n) is 13.9. The number of hydrogen-bond acceptors (Lipinski definition) is 3. The van der Waals surface area contributed by atoms with Crippen LogP contribution < -0.4 is 5.56 Å². The lowest BCUT2D eigenvalue weighted by Gasteiger charge is -2.18. The molecule has 0 aliphatic carbocycles. The van der Waals surface area contributed by atoms with E-state index in [4.69, 9.17) is 5.26 Å². The topological polar surface area (TPSA) is 66.0 Å². The molecular formula is C20H13F3N2O2. The van der Waals surface area contributed by atoms with Crippen LogP contribution in [0.5, 0.6) is 5.75 Å². The summed E-state index contributed by atoms with van der Waals surface area (Å²) >= 11 is 0. The van der Waals surface area contributed by atoms with Gasteiger partial charge in [-0.1, -0.05) is 42.5 Å². The van der Waals surface area contributed by atoms with E-state index in [9.17, 15) is 23.1 Å². The minimum atomic E-state index is -4.86. The molecule has 4 nitrogen and oxygen atoms in total. The molecule has 1 aromatic heterocycles. The number of pyridine rings is 1. The molecule has 136 valence electrons. The van der Waals surface area contributed by atoms with Crippen LogP contribution in [0.2, 0.25) is 0 Å². The molecule has 0 radical (unpaired) electrons. The molecule has 3 rings (SSSR count). The monoisotopic (exact) mass is 370 g/mol. The molecule has 3 aromatic rings. The van der Waals surface area contributed by atoms with Gasteiger partial charge in [0.1, 0.15) is 17.4 Å². The molecule has 0 saturated carbocycles. The van der Waals surface area contributed by atoms with E-state index in [1.165, 1.54) is 30.3 Å². The van der Waals surface area contributed by atoms with E-state index in [0.717, 1.165) is 10.6 Å². The molecule has 0 aliphatic heterocycles. The maximum absolute atomic E-state index is 13.4. The average Bonchev–Trinajstić information content (AvgIpc) is 2.63. The summed E-state index contributed by atoms with van der Waals surface area (Å²) in [5.41, 5.74) is -2.40. The summed E-state index contributed by atoms with van der Waals surface area (Å²) in [7, 11) is 0. The summed E-state index contributed by atoms with van der Waals surface area (Å²) in [6.07, 6.45) is -4.86. The highest BCUT2D eigenvalue weighted by atomic mass is 19.4. The molecule has 1 heterocycles. The van der Waals surface area contributed by atoms with Crippen LogP contribution >= 0.6 is 0 Å². The van der Waals surface area contributed by atoms with E-state index in [1.807, 2.05) is 0 Å². The Kier molecular flexibility index (Phi) is 4.74. The summed E-state index contributed by atoms with van der Waals surface area (Å²) in [4.78, 5) is 12.7. The number of nitrogens with zero attached hydrogens (tertiary/aromatic N) is 2. The molecule has 0 saturated heterocycles. The maximum atomic E-state index is 13.4. The molecule has 0 spiro atoms. The SMILES string of the molecule is N#Cc1c(C(F)(F)F)cc(-c2cccc(O)c2)n(Cc2ccccc2)c1=O. The summed E-state index contributed by atoms with van der Waals surface area (Å²) in [6, 6.07) is 16.5. The van der Waals surface area contributed by atoms with Gasteiger partial charge in [0, 0.05) is 5.56 Å². The van der Waals surface area contributed by atoms with Crippen molar-refractivity contribution in [2.24, 2.45) is 0 Å². The van der Waals surface area contributed by atoms with Gasteiger partial charge in [-0.05, 0) is 23.8 Å². The number of aromatic nitrogens is 1. The minimum Gasteiger partial charge on any atom is -0.508 e. The number of alkyl halides is 3. The first kappa shape index (κ1) is 18.3. The van der Waals surface area contributed by atoms with Gasteiger partial charge in [-0.3, -0.25) is 4.79 Å². The zero-order valence-corrected chi connectivity index (χ0v) is 13.9. The fourth-order valence-corrected chi connectivity index (χ4v) is 2.81. The van der Waals surface area contributed by atoms with Gasteiger partial charge in [-0.25, -0.2) is 0 Å². The van der Waals surface area contributed by atoms with E-state index in [0.29, 0.717) is 5.56 Å². The molecule has 27 heavy (non-hydrogen) atoms. The quantitative estimate of drug-likeness (QED) is 0.753. The molecule has 0 bridgehead atoms. The third-order valence-corrected chi connectivity index (χ3v) is 4.04. The van der Waals surface area contributed by atoms with Crippen LogP contribution in [-0.4, -0.2) is 9.67 Å². The Hall–Kier alpha value is -3.53. The van der Waals surface area contributed by atoms with Crippen molar-refractivity contribution in [1.29, 1.82) is 5.26 Å². The van der Waals surface area contributed by atoms with Gasteiger partial charge in [0.15, 0.2) is 0 Å². The highest BCUT2D eigenvalue weighted by Gasteiger charge is 2.36. The van der Waals surface area contributed by atoms with Crippen molar-refractivity contribution in [2.75, 3.05) is 0 Å². The van der Waals surface area contributed by atoms with Crippen molar-refractivity contribution in [1.82, 2.24) is 4.57 Å². The number of phenols is 1. The van der Waals surface area contributed by atoms with Gasteiger partial charge in [-0.2, -0.15) is 18.4 Å². The maximum Gasteiger partial charge on any atom is 0.417 e. The number of hydrogen-bond donors (Lipinski definition) is 1. The molecule has 0 unspecified atom stereocenters. The third kappa shape index (κ3) is 3.70. The number of aromatic hydroxyl groups is 1. The Labute approximate surface area is 152 Å². The molecular weight excluding hydrogens is 357 g/mol. The van der Waals surface area contributed by atoms with Crippen LogP contribution in [0.25, 0.3) is 11.3 Å². The summed E-state index contributed by atoms with van der Waals surface area (Å²) in [5.74, 6) is -0.149. The Balaban J connectivity index is 2.33. The smallest absolute Gasteiger partial charge is 0.417 e. The molecule has 0 amide bonds.